The zero-order valence-corrected chi connectivity index (χ0v) is 15.9. The van der Waals surface area contributed by atoms with E-state index >= 15 is 0 Å². The van der Waals surface area contributed by atoms with Crippen molar-refractivity contribution in [2.45, 2.75) is 0 Å². The number of rotatable bonds is 2. The smallest absolute Gasteiger partial charge is 0.266 e. The van der Waals surface area contributed by atoms with Crippen LogP contribution in [0.2, 0.25) is 0 Å². The Morgan fingerprint density at radius 3 is 2.52 bits per heavy atom. The second-order valence-corrected chi connectivity index (χ2v) is 7.30. The van der Waals surface area contributed by atoms with E-state index in [4.69, 9.17) is 12.2 Å². The lowest BCUT2D eigenvalue weighted by molar-refractivity contribution is -0.883. The van der Waals surface area contributed by atoms with Crippen LogP contribution in [0.3, 0.4) is 0 Å². The van der Waals surface area contributed by atoms with Gasteiger partial charge in [-0.25, -0.2) is 0 Å². The molecule has 0 bridgehead atoms. The fourth-order valence-corrected chi connectivity index (χ4v) is 3.73. The molecule has 1 fully saturated rings. The monoisotopic (exact) mass is 381 g/mol. The summed E-state index contributed by atoms with van der Waals surface area (Å²) in [4.78, 5) is 32.2. The summed E-state index contributed by atoms with van der Waals surface area (Å²) >= 11 is 5.41. The average Bonchev–Trinajstić information content (AvgIpc) is 2.68. The molecule has 7 heteroatoms. The minimum Gasteiger partial charge on any atom is -0.334 e. The summed E-state index contributed by atoms with van der Waals surface area (Å²) in [5.41, 5.74) is 1.68. The van der Waals surface area contributed by atoms with Crippen molar-refractivity contribution in [1.82, 2.24) is 14.5 Å². The summed E-state index contributed by atoms with van der Waals surface area (Å²) < 4.78 is 1.79. The maximum atomic E-state index is 12.9. The molecule has 0 spiro atoms. The Balaban J connectivity index is 1.75. The zero-order chi connectivity index (χ0) is 19.0. The molecule has 2 N–H and O–H groups in total. The number of fused-ring (bicyclic) bond motifs is 1. The number of para-hydroxylation sites is 1. The highest BCUT2D eigenvalue weighted by molar-refractivity contribution is 7.71. The summed E-state index contributed by atoms with van der Waals surface area (Å²) in [6.45, 7) is 3.38. The summed E-state index contributed by atoms with van der Waals surface area (Å²) in [5.74, 6) is -0.00374. The molecule has 0 atom stereocenters. The predicted molar refractivity (Wildman–Crippen MR) is 107 cm³/mol. The first kappa shape index (κ1) is 17.6. The molecule has 2 aromatic carbocycles. The van der Waals surface area contributed by atoms with Crippen LogP contribution >= 0.6 is 12.2 Å². The van der Waals surface area contributed by atoms with Crippen molar-refractivity contribution >= 4 is 29.0 Å². The summed E-state index contributed by atoms with van der Waals surface area (Å²) in [5, 5.41) is 0.506. The lowest BCUT2D eigenvalue weighted by atomic mass is 10.1. The maximum absolute atomic E-state index is 12.9. The highest BCUT2D eigenvalue weighted by atomic mass is 32.1. The second-order valence-electron chi connectivity index (χ2n) is 6.92. The lowest BCUT2D eigenvalue weighted by Gasteiger charge is -2.30. The van der Waals surface area contributed by atoms with Crippen LogP contribution in [-0.4, -0.2) is 53.6 Å². The van der Waals surface area contributed by atoms with Gasteiger partial charge in [-0.1, -0.05) is 18.2 Å². The van der Waals surface area contributed by atoms with Gasteiger partial charge in [0.1, 0.15) is 0 Å². The van der Waals surface area contributed by atoms with Gasteiger partial charge in [0.05, 0.1) is 49.8 Å². The molecule has 1 aromatic heterocycles. The highest BCUT2D eigenvalue weighted by Gasteiger charge is 2.22. The van der Waals surface area contributed by atoms with Gasteiger partial charge in [-0.05, 0) is 42.5 Å². The molecule has 27 heavy (non-hydrogen) atoms. The molecule has 138 valence electrons. The predicted octanol–water partition coefficient (Wildman–Crippen LogP) is 1.02. The number of aromatic nitrogens is 2. The first-order valence-corrected chi connectivity index (χ1v) is 9.40. The molecule has 0 aliphatic carbocycles. The van der Waals surface area contributed by atoms with E-state index in [1.807, 2.05) is 35.2 Å². The Labute approximate surface area is 161 Å². The van der Waals surface area contributed by atoms with Crippen molar-refractivity contribution in [2.75, 3.05) is 33.2 Å². The molecule has 4 rings (SSSR count). The zero-order valence-electron chi connectivity index (χ0n) is 15.1. The van der Waals surface area contributed by atoms with Gasteiger partial charge in [0, 0.05) is 5.56 Å². The van der Waals surface area contributed by atoms with Crippen molar-refractivity contribution in [2.24, 2.45) is 0 Å². The lowest BCUT2D eigenvalue weighted by Crippen LogP contribution is -3.12. The van der Waals surface area contributed by atoms with Crippen LogP contribution in [-0.2, 0) is 0 Å². The van der Waals surface area contributed by atoms with E-state index in [9.17, 15) is 9.59 Å². The molecule has 1 aliphatic rings. The highest BCUT2D eigenvalue weighted by Crippen LogP contribution is 2.15. The Morgan fingerprint density at radius 1 is 1.11 bits per heavy atom. The second kappa shape index (κ2) is 7.09. The number of carbonyl (C=O) groups excluding carboxylic acids is 1. The Hall–Kier alpha value is -2.77. The minimum absolute atomic E-state index is 0.00374. The number of nitrogens with zero attached hydrogens (tertiary/aromatic N) is 2. The first-order valence-electron chi connectivity index (χ1n) is 9.00. The molecular weight excluding hydrogens is 360 g/mol. The number of piperazine rings is 1. The molecule has 3 aromatic rings. The van der Waals surface area contributed by atoms with Crippen molar-refractivity contribution in [3.63, 3.8) is 0 Å². The van der Waals surface area contributed by atoms with Gasteiger partial charge < -0.3 is 14.8 Å². The van der Waals surface area contributed by atoms with Crippen LogP contribution in [0.15, 0.2) is 53.3 Å². The van der Waals surface area contributed by atoms with Crippen molar-refractivity contribution in [3.8, 4) is 5.69 Å². The van der Waals surface area contributed by atoms with Crippen molar-refractivity contribution < 1.29 is 9.69 Å². The number of nitrogens with one attached hydrogen (secondary N) is 2. The van der Waals surface area contributed by atoms with E-state index < -0.39 is 0 Å². The van der Waals surface area contributed by atoms with Gasteiger partial charge >= 0.3 is 0 Å². The summed E-state index contributed by atoms with van der Waals surface area (Å²) in [6, 6.07) is 14.4. The van der Waals surface area contributed by atoms with E-state index in [1.165, 1.54) is 9.47 Å². The summed E-state index contributed by atoms with van der Waals surface area (Å²) in [6.07, 6.45) is 0. The number of quaternary nitrogens is 1. The van der Waals surface area contributed by atoms with Gasteiger partial charge in [-0.2, -0.15) is 0 Å². The van der Waals surface area contributed by atoms with E-state index in [0.717, 1.165) is 26.2 Å². The third-order valence-electron chi connectivity index (χ3n) is 5.06. The van der Waals surface area contributed by atoms with Gasteiger partial charge in [0.25, 0.3) is 11.5 Å². The Bertz CT molecular complexity index is 1110. The van der Waals surface area contributed by atoms with Gasteiger partial charge in [-0.3, -0.25) is 14.2 Å². The molecule has 1 amide bonds. The van der Waals surface area contributed by atoms with Crippen molar-refractivity contribution in [3.05, 3.63) is 69.2 Å². The number of likely N-dealkylation sites (N-methyl/N-ethyl adjacent to an activating group) is 1. The van der Waals surface area contributed by atoms with E-state index in [-0.39, 0.29) is 11.5 Å². The van der Waals surface area contributed by atoms with Crippen molar-refractivity contribution in [1.29, 1.82) is 0 Å². The number of carbonyl (C=O) groups is 1. The molecule has 0 radical (unpaired) electrons. The fourth-order valence-electron chi connectivity index (χ4n) is 3.44. The van der Waals surface area contributed by atoms with Crippen LogP contribution in [0, 0.1) is 4.77 Å². The van der Waals surface area contributed by atoms with Crippen LogP contribution in [0.4, 0.5) is 0 Å². The van der Waals surface area contributed by atoms with E-state index in [1.54, 1.807) is 18.2 Å². The van der Waals surface area contributed by atoms with Crippen LogP contribution < -0.4 is 10.5 Å². The fraction of sp³-hybridized carbons (Fsp3) is 0.250. The number of H-pyrrole nitrogens is 1. The van der Waals surface area contributed by atoms with Gasteiger partial charge in [0.15, 0.2) is 4.77 Å². The number of aromatic amines is 1. The van der Waals surface area contributed by atoms with Gasteiger partial charge in [-0.15, -0.1) is 0 Å². The number of hydrogen-bond donors (Lipinski definition) is 2. The Morgan fingerprint density at radius 2 is 1.81 bits per heavy atom. The minimum atomic E-state index is -0.192. The third-order valence-corrected chi connectivity index (χ3v) is 5.35. The van der Waals surface area contributed by atoms with Crippen LogP contribution in [0.25, 0.3) is 16.6 Å². The molecule has 0 saturated carbocycles. The molecule has 2 heterocycles. The van der Waals surface area contributed by atoms with E-state index in [0.29, 0.717) is 26.9 Å². The number of hydrogen-bond acceptors (Lipinski definition) is 3. The number of amides is 1. The standard InChI is InChI=1S/C20H20N4O2S/c1-22-9-11-23(12-10-22)18(25)14-7-8-16-17(13-14)21-20(27)24(19(16)26)15-5-3-2-4-6-15/h2-8,13H,9-12H2,1H3,(H,21,27)/p+1. The maximum Gasteiger partial charge on any atom is 0.266 e. The molecular formula is C20H21N4O2S+. The topological polar surface area (TPSA) is 62.5 Å². The molecule has 0 unspecified atom stereocenters. The van der Waals surface area contributed by atoms with Crippen LogP contribution in [0.1, 0.15) is 10.4 Å². The number of benzene rings is 2. The quantitative estimate of drug-likeness (QED) is 0.652. The SMILES string of the molecule is C[NH+]1CCN(C(=O)c2ccc3c(=O)n(-c4ccccc4)c(=S)[nH]c3c2)CC1. The first-order chi connectivity index (χ1) is 13.0. The third kappa shape index (κ3) is 3.31. The molecule has 1 saturated heterocycles. The summed E-state index contributed by atoms with van der Waals surface area (Å²) in [7, 11) is 2.13. The Kier molecular flexibility index (Phi) is 4.63. The molecule has 1 aliphatic heterocycles. The largest absolute Gasteiger partial charge is 0.334 e. The normalized spacial score (nSPS) is 15.2. The van der Waals surface area contributed by atoms with E-state index in [2.05, 4.69) is 12.0 Å². The van der Waals surface area contributed by atoms with Crippen LogP contribution in [0.5, 0.6) is 0 Å². The average molecular weight is 381 g/mol. The molecule has 6 nitrogen and oxygen atoms in total. The van der Waals surface area contributed by atoms with Gasteiger partial charge in [0.2, 0.25) is 0 Å².